The van der Waals surface area contributed by atoms with Crippen LogP contribution in [0, 0.1) is 5.92 Å². The average Bonchev–Trinajstić information content (AvgIpc) is 3.10. The fourth-order valence-electron chi connectivity index (χ4n) is 3.93. The van der Waals surface area contributed by atoms with Crippen molar-refractivity contribution in [3.05, 3.63) is 54.1 Å². The third-order valence-electron chi connectivity index (χ3n) is 5.15. The zero-order valence-corrected chi connectivity index (χ0v) is 13.0. The van der Waals surface area contributed by atoms with Gasteiger partial charge in [0, 0.05) is 35.3 Å². The molecule has 0 saturated heterocycles. The Morgan fingerprint density at radius 3 is 2.55 bits per heavy atom. The van der Waals surface area contributed by atoms with Crippen molar-refractivity contribution in [1.29, 1.82) is 0 Å². The van der Waals surface area contributed by atoms with Crippen molar-refractivity contribution < 1.29 is 0 Å². The predicted octanol–water partition coefficient (Wildman–Crippen LogP) is 4.73. The van der Waals surface area contributed by atoms with Crippen LogP contribution in [-0.2, 0) is 0 Å². The highest BCUT2D eigenvalue weighted by atomic mass is 15.0. The van der Waals surface area contributed by atoms with Crippen LogP contribution in [0.15, 0.2) is 53.6 Å². The number of aliphatic imine (C=N–C) groups is 1. The molecule has 1 aromatic rings. The van der Waals surface area contributed by atoms with Crippen LogP contribution in [0.3, 0.4) is 0 Å². The summed E-state index contributed by atoms with van der Waals surface area (Å²) >= 11 is 0. The number of para-hydroxylation sites is 1. The fourth-order valence-corrected chi connectivity index (χ4v) is 3.93. The number of allylic oxidation sites excluding steroid dienone is 2. The first kappa shape index (κ1) is 13.8. The largest absolute Gasteiger partial charge is 0.380 e. The molecule has 0 amide bonds. The molecule has 2 heteroatoms. The Morgan fingerprint density at radius 2 is 1.73 bits per heavy atom. The molecule has 2 aliphatic carbocycles. The molecule has 1 unspecified atom stereocenters. The highest BCUT2D eigenvalue weighted by molar-refractivity contribution is 6.07. The van der Waals surface area contributed by atoms with E-state index in [0.717, 1.165) is 6.42 Å². The standard InChI is InChI=1S/C20H24N2/c1-2-10-16(11-3-1)21-20-14-19(15-8-4-5-9-15)22-18-13-7-6-12-17(18)20/h4-9,12-13,15-16,19,22H,1-3,10-11,14H2. The third kappa shape index (κ3) is 2.75. The molecule has 0 radical (unpaired) electrons. The summed E-state index contributed by atoms with van der Waals surface area (Å²) < 4.78 is 0. The van der Waals surface area contributed by atoms with E-state index >= 15 is 0 Å². The predicted molar refractivity (Wildman–Crippen MR) is 93.6 cm³/mol. The summed E-state index contributed by atoms with van der Waals surface area (Å²) in [6.07, 6.45) is 16.6. The van der Waals surface area contributed by atoms with Crippen LogP contribution in [0.2, 0.25) is 0 Å². The minimum atomic E-state index is 0.437. The Hall–Kier alpha value is -1.83. The number of fused-ring (bicyclic) bond motifs is 1. The fraction of sp³-hybridized carbons (Fsp3) is 0.450. The van der Waals surface area contributed by atoms with E-state index in [1.165, 1.54) is 49.1 Å². The van der Waals surface area contributed by atoms with Crippen LogP contribution < -0.4 is 5.32 Å². The summed E-state index contributed by atoms with van der Waals surface area (Å²) in [7, 11) is 0. The molecule has 0 aromatic heterocycles. The van der Waals surface area contributed by atoms with Crippen LogP contribution in [0.25, 0.3) is 0 Å². The highest BCUT2D eigenvalue weighted by Gasteiger charge is 2.28. The van der Waals surface area contributed by atoms with Crippen molar-refractivity contribution in [2.75, 3.05) is 5.32 Å². The molecule has 3 aliphatic rings. The molecule has 1 atom stereocenters. The second kappa shape index (κ2) is 6.12. The molecule has 1 aliphatic heterocycles. The molecule has 22 heavy (non-hydrogen) atoms. The van der Waals surface area contributed by atoms with Crippen molar-refractivity contribution in [1.82, 2.24) is 0 Å². The van der Waals surface area contributed by atoms with Crippen LogP contribution >= 0.6 is 0 Å². The van der Waals surface area contributed by atoms with Gasteiger partial charge in [-0.2, -0.15) is 0 Å². The number of hydrogen-bond donors (Lipinski definition) is 1. The molecule has 1 fully saturated rings. The molecule has 4 rings (SSSR count). The van der Waals surface area contributed by atoms with E-state index in [2.05, 4.69) is 53.9 Å². The number of nitrogens with zero attached hydrogens (tertiary/aromatic N) is 1. The molecular formula is C20H24N2. The van der Waals surface area contributed by atoms with E-state index < -0.39 is 0 Å². The minimum Gasteiger partial charge on any atom is -0.380 e. The Kier molecular flexibility index (Phi) is 3.84. The zero-order valence-electron chi connectivity index (χ0n) is 13.0. The van der Waals surface area contributed by atoms with E-state index in [0.29, 0.717) is 18.0 Å². The highest BCUT2D eigenvalue weighted by Crippen LogP contribution is 2.31. The zero-order chi connectivity index (χ0) is 14.8. The third-order valence-corrected chi connectivity index (χ3v) is 5.15. The van der Waals surface area contributed by atoms with E-state index in [-0.39, 0.29) is 0 Å². The van der Waals surface area contributed by atoms with Gasteiger partial charge < -0.3 is 5.32 Å². The second-order valence-electron chi connectivity index (χ2n) is 6.72. The number of rotatable bonds is 2. The molecule has 1 saturated carbocycles. The Morgan fingerprint density at radius 1 is 0.955 bits per heavy atom. The minimum absolute atomic E-state index is 0.437. The quantitative estimate of drug-likeness (QED) is 0.837. The normalized spacial score (nSPS) is 27.1. The van der Waals surface area contributed by atoms with Crippen molar-refractivity contribution in [2.45, 2.75) is 50.6 Å². The van der Waals surface area contributed by atoms with Crippen molar-refractivity contribution >= 4 is 11.4 Å². The summed E-state index contributed by atoms with van der Waals surface area (Å²) in [5.74, 6) is 0.491. The maximum absolute atomic E-state index is 5.19. The van der Waals surface area contributed by atoms with Crippen molar-refractivity contribution in [3.8, 4) is 0 Å². The smallest absolute Gasteiger partial charge is 0.0503 e. The van der Waals surface area contributed by atoms with Gasteiger partial charge in [-0.25, -0.2) is 0 Å². The summed E-state index contributed by atoms with van der Waals surface area (Å²) in [6.45, 7) is 0. The van der Waals surface area contributed by atoms with Gasteiger partial charge in [0.1, 0.15) is 0 Å². The van der Waals surface area contributed by atoms with Crippen LogP contribution in [-0.4, -0.2) is 17.8 Å². The number of hydrogen-bond acceptors (Lipinski definition) is 2. The second-order valence-corrected chi connectivity index (χ2v) is 6.72. The van der Waals surface area contributed by atoms with Gasteiger partial charge in [0.15, 0.2) is 0 Å². The van der Waals surface area contributed by atoms with Gasteiger partial charge in [-0.3, -0.25) is 4.99 Å². The molecule has 0 spiro atoms. The van der Waals surface area contributed by atoms with Crippen molar-refractivity contribution in [2.24, 2.45) is 10.9 Å². The van der Waals surface area contributed by atoms with Gasteiger partial charge in [-0.1, -0.05) is 61.8 Å². The molecule has 2 nitrogen and oxygen atoms in total. The van der Waals surface area contributed by atoms with E-state index in [1.54, 1.807) is 0 Å². The van der Waals surface area contributed by atoms with Gasteiger partial charge in [0.2, 0.25) is 0 Å². The van der Waals surface area contributed by atoms with Gasteiger partial charge in [0.25, 0.3) is 0 Å². The molecule has 1 N–H and O–H groups in total. The first-order chi connectivity index (χ1) is 10.9. The van der Waals surface area contributed by atoms with Crippen LogP contribution in [0.5, 0.6) is 0 Å². The lowest BCUT2D eigenvalue weighted by Crippen LogP contribution is -2.35. The Labute approximate surface area is 133 Å². The average molecular weight is 292 g/mol. The van der Waals surface area contributed by atoms with Crippen LogP contribution in [0.1, 0.15) is 44.1 Å². The van der Waals surface area contributed by atoms with Gasteiger partial charge >= 0.3 is 0 Å². The summed E-state index contributed by atoms with van der Waals surface area (Å²) in [4.78, 5) is 5.19. The van der Waals surface area contributed by atoms with Gasteiger partial charge in [-0.05, 0) is 18.9 Å². The maximum atomic E-state index is 5.19. The van der Waals surface area contributed by atoms with Crippen LogP contribution in [0.4, 0.5) is 5.69 Å². The van der Waals surface area contributed by atoms with E-state index in [1.807, 2.05) is 0 Å². The molecule has 0 bridgehead atoms. The first-order valence-electron chi connectivity index (χ1n) is 8.68. The van der Waals surface area contributed by atoms with Crippen molar-refractivity contribution in [3.63, 3.8) is 0 Å². The molecule has 1 aromatic carbocycles. The number of anilines is 1. The summed E-state index contributed by atoms with van der Waals surface area (Å²) in [5, 5.41) is 3.72. The Balaban J connectivity index is 1.64. The monoisotopic (exact) mass is 292 g/mol. The topological polar surface area (TPSA) is 24.4 Å². The number of nitrogens with one attached hydrogen (secondary N) is 1. The Bertz CT molecular complexity index is 608. The maximum Gasteiger partial charge on any atom is 0.0503 e. The summed E-state index contributed by atoms with van der Waals surface area (Å²) in [6, 6.07) is 9.65. The number of benzene rings is 1. The lowest BCUT2D eigenvalue weighted by atomic mass is 9.88. The van der Waals surface area contributed by atoms with E-state index in [9.17, 15) is 0 Å². The van der Waals surface area contributed by atoms with E-state index in [4.69, 9.17) is 4.99 Å². The SMILES string of the molecule is C1=CC(C2CC(=NC3CCCCC3)c3ccccc3N2)C=C1. The van der Waals surface area contributed by atoms with Gasteiger partial charge in [0.05, 0.1) is 6.04 Å². The molecule has 1 heterocycles. The molecule has 114 valence electrons. The lowest BCUT2D eigenvalue weighted by molar-refractivity contribution is 0.442. The first-order valence-corrected chi connectivity index (χ1v) is 8.68. The lowest BCUT2D eigenvalue weighted by Gasteiger charge is -2.32. The van der Waals surface area contributed by atoms with Gasteiger partial charge in [-0.15, -0.1) is 0 Å². The summed E-state index contributed by atoms with van der Waals surface area (Å²) in [5.41, 5.74) is 3.89. The molecular weight excluding hydrogens is 268 g/mol.